The van der Waals surface area contributed by atoms with E-state index >= 15 is 0 Å². The molecule has 86 valence electrons. The minimum absolute atomic E-state index is 0.0598. The lowest BCUT2D eigenvalue weighted by Crippen LogP contribution is -2.29. The lowest BCUT2D eigenvalue weighted by atomic mass is 10.1. The number of hydrogen-bond acceptors (Lipinski definition) is 3. The summed E-state index contributed by atoms with van der Waals surface area (Å²) < 4.78 is 11.2. The zero-order chi connectivity index (χ0) is 11.3. The van der Waals surface area contributed by atoms with Gasteiger partial charge >= 0.3 is 0 Å². The van der Waals surface area contributed by atoms with E-state index in [9.17, 15) is 0 Å². The van der Waals surface area contributed by atoms with Crippen LogP contribution in [-0.4, -0.2) is 12.1 Å². The topological polar surface area (TPSA) is 48.4 Å². The maximum Gasteiger partial charge on any atom is 0.134 e. The van der Waals surface area contributed by atoms with Gasteiger partial charge in [0.1, 0.15) is 11.9 Å². The van der Waals surface area contributed by atoms with Gasteiger partial charge in [0, 0.05) is 6.04 Å². The van der Waals surface area contributed by atoms with Crippen LogP contribution in [0.25, 0.3) is 0 Å². The molecular formula is C12H21NO2. The average Bonchev–Trinajstić information content (AvgIpc) is 2.66. The summed E-state index contributed by atoms with van der Waals surface area (Å²) in [7, 11) is 0. The zero-order valence-corrected chi connectivity index (χ0v) is 9.77. The van der Waals surface area contributed by atoms with Crippen molar-refractivity contribution in [1.29, 1.82) is 0 Å². The number of rotatable bonds is 6. The van der Waals surface area contributed by atoms with Crippen LogP contribution in [0.1, 0.15) is 45.5 Å². The quantitative estimate of drug-likeness (QED) is 0.787. The Hall–Kier alpha value is -0.800. The molecule has 1 aromatic rings. The highest BCUT2D eigenvalue weighted by Crippen LogP contribution is 2.23. The van der Waals surface area contributed by atoms with E-state index in [-0.39, 0.29) is 18.2 Å². The van der Waals surface area contributed by atoms with Crippen molar-refractivity contribution in [3.8, 4) is 0 Å². The Bertz CT molecular complexity index is 257. The van der Waals surface area contributed by atoms with Gasteiger partial charge in [-0.2, -0.15) is 0 Å². The Labute approximate surface area is 91.6 Å². The van der Waals surface area contributed by atoms with Crippen molar-refractivity contribution in [2.75, 3.05) is 0 Å². The van der Waals surface area contributed by atoms with Crippen LogP contribution < -0.4 is 5.73 Å². The lowest BCUT2D eigenvalue weighted by Gasteiger charge is -2.23. The van der Waals surface area contributed by atoms with Gasteiger partial charge in [-0.05, 0) is 32.4 Å². The fourth-order valence-electron chi connectivity index (χ4n) is 1.63. The molecule has 2 N–H and O–H groups in total. The van der Waals surface area contributed by atoms with E-state index < -0.39 is 0 Å². The minimum atomic E-state index is -0.137. The third-order valence-corrected chi connectivity index (χ3v) is 2.38. The predicted molar refractivity (Wildman–Crippen MR) is 60.6 cm³/mol. The van der Waals surface area contributed by atoms with E-state index in [1.807, 2.05) is 19.1 Å². The molecule has 0 fully saturated rings. The Kier molecular flexibility index (Phi) is 4.85. The molecule has 15 heavy (non-hydrogen) atoms. The van der Waals surface area contributed by atoms with Crippen LogP contribution in [0.15, 0.2) is 22.8 Å². The van der Waals surface area contributed by atoms with Crippen molar-refractivity contribution in [2.24, 2.45) is 5.73 Å². The summed E-state index contributed by atoms with van der Waals surface area (Å²) in [4.78, 5) is 0. The Morgan fingerprint density at radius 1 is 1.47 bits per heavy atom. The van der Waals surface area contributed by atoms with Gasteiger partial charge in [-0.25, -0.2) is 0 Å². The second-order valence-electron chi connectivity index (χ2n) is 4.03. The summed E-state index contributed by atoms with van der Waals surface area (Å²) in [6, 6.07) is 3.71. The third kappa shape index (κ3) is 3.68. The summed E-state index contributed by atoms with van der Waals surface area (Å²) in [5.74, 6) is 0.813. The standard InChI is InChI=1S/C12H21NO2/c1-4-6-9(2)15-12(10(3)13)11-7-5-8-14-11/h5,7-10,12H,4,6,13H2,1-3H3. The first-order valence-corrected chi connectivity index (χ1v) is 5.59. The van der Waals surface area contributed by atoms with Gasteiger partial charge in [-0.1, -0.05) is 13.3 Å². The van der Waals surface area contributed by atoms with Crippen LogP contribution in [0, 0.1) is 0 Å². The van der Waals surface area contributed by atoms with Crippen LogP contribution in [0.2, 0.25) is 0 Å². The molecule has 0 radical (unpaired) electrons. The molecule has 0 amide bonds. The first kappa shape index (κ1) is 12.3. The molecule has 1 heterocycles. The van der Waals surface area contributed by atoms with Gasteiger partial charge in [-0.3, -0.25) is 0 Å². The molecule has 0 aliphatic heterocycles. The first-order chi connectivity index (χ1) is 7.15. The van der Waals surface area contributed by atoms with Gasteiger partial charge in [0.05, 0.1) is 12.4 Å². The molecule has 0 aromatic carbocycles. The van der Waals surface area contributed by atoms with E-state index in [0.29, 0.717) is 0 Å². The summed E-state index contributed by atoms with van der Waals surface area (Å²) in [6.45, 7) is 6.15. The van der Waals surface area contributed by atoms with E-state index in [1.54, 1.807) is 6.26 Å². The van der Waals surface area contributed by atoms with Gasteiger partial charge in [0.15, 0.2) is 0 Å². The molecule has 0 spiro atoms. The first-order valence-electron chi connectivity index (χ1n) is 5.59. The molecular weight excluding hydrogens is 190 g/mol. The van der Waals surface area contributed by atoms with Gasteiger partial charge in [0.25, 0.3) is 0 Å². The molecule has 1 rings (SSSR count). The highest BCUT2D eigenvalue weighted by atomic mass is 16.5. The second kappa shape index (κ2) is 5.93. The van der Waals surface area contributed by atoms with E-state index in [4.69, 9.17) is 14.9 Å². The van der Waals surface area contributed by atoms with Crippen LogP contribution >= 0.6 is 0 Å². The normalized spacial score (nSPS) is 17.3. The summed E-state index contributed by atoms with van der Waals surface area (Å²) in [5.41, 5.74) is 5.89. The van der Waals surface area contributed by atoms with Crippen LogP contribution in [-0.2, 0) is 4.74 Å². The molecule has 3 nitrogen and oxygen atoms in total. The van der Waals surface area contributed by atoms with Crippen molar-refractivity contribution in [3.63, 3.8) is 0 Å². The van der Waals surface area contributed by atoms with Crippen LogP contribution in [0.5, 0.6) is 0 Å². The Balaban J connectivity index is 2.59. The highest BCUT2D eigenvalue weighted by molar-refractivity contribution is 5.04. The molecule has 0 aliphatic rings. The summed E-state index contributed by atoms with van der Waals surface area (Å²) in [5, 5.41) is 0. The average molecular weight is 211 g/mol. The SMILES string of the molecule is CCCC(C)OC(c1ccco1)C(C)N. The second-order valence-corrected chi connectivity index (χ2v) is 4.03. The van der Waals surface area contributed by atoms with Crippen molar-refractivity contribution in [2.45, 2.75) is 51.9 Å². The minimum Gasteiger partial charge on any atom is -0.467 e. The maximum atomic E-state index is 5.89. The highest BCUT2D eigenvalue weighted by Gasteiger charge is 2.21. The molecule has 3 atom stereocenters. The largest absolute Gasteiger partial charge is 0.467 e. The predicted octanol–water partition coefficient (Wildman–Crippen LogP) is 2.87. The van der Waals surface area contributed by atoms with E-state index in [1.165, 1.54) is 0 Å². The number of nitrogens with two attached hydrogens (primary N) is 1. The van der Waals surface area contributed by atoms with Gasteiger partial charge in [0.2, 0.25) is 0 Å². The molecule has 1 aromatic heterocycles. The monoisotopic (exact) mass is 211 g/mol. The summed E-state index contributed by atoms with van der Waals surface area (Å²) >= 11 is 0. The Morgan fingerprint density at radius 3 is 2.67 bits per heavy atom. The molecule has 3 unspecified atom stereocenters. The smallest absolute Gasteiger partial charge is 0.134 e. The molecule has 3 heteroatoms. The van der Waals surface area contributed by atoms with E-state index in [2.05, 4.69) is 13.8 Å². The van der Waals surface area contributed by atoms with Gasteiger partial charge in [-0.15, -0.1) is 0 Å². The third-order valence-electron chi connectivity index (χ3n) is 2.38. The Morgan fingerprint density at radius 2 is 2.20 bits per heavy atom. The summed E-state index contributed by atoms with van der Waals surface area (Å²) in [6.07, 6.45) is 3.89. The number of ether oxygens (including phenoxy) is 1. The van der Waals surface area contributed by atoms with Gasteiger partial charge < -0.3 is 14.9 Å². The molecule has 0 bridgehead atoms. The van der Waals surface area contributed by atoms with Crippen molar-refractivity contribution in [1.82, 2.24) is 0 Å². The van der Waals surface area contributed by atoms with E-state index in [0.717, 1.165) is 18.6 Å². The van der Waals surface area contributed by atoms with Crippen molar-refractivity contribution < 1.29 is 9.15 Å². The fourth-order valence-corrected chi connectivity index (χ4v) is 1.63. The number of furan rings is 1. The van der Waals surface area contributed by atoms with Crippen LogP contribution in [0.4, 0.5) is 0 Å². The van der Waals surface area contributed by atoms with Crippen molar-refractivity contribution in [3.05, 3.63) is 24.2 Å². The fraction of sp³-hybridized carbons (Fsp3) is 0.667. The zero-order valence-electron chi connectivity index (χ0n) is 9.77. The maximum absolute atomic E-state index is 5.89. The van der Waals surface area contributed by atoms with Crippen molar-refractivity contribution >= 4 is 0 Å². The lowest BCUT2D eigenvalue weighted by molar-refractivity contribution is -0.0295. The molecule has 0 aliphatic carbocycles. The molecule has 0 saturated carbocycles. The number of hydrogen-bond donors (Lipinski definition) is 1. The van der Waals surface area contributed by atoms with Crippen LogP contribution in [0.3, 0.4) is 0 Å². The molecule has 0 saturated heterocycles.